The number of hydrogen-bond donors (Lipinski definition) is 8. The van der Waals surface area contributed by atoms with Gasteiger partial charge in [0.1, 0.15) is 59.3 Å². The summed E-state index contributed by atoms with van der Waals surface area (Å²) in [5.41, 5.74) is 20.6. The topological polar surface area (TPSA) is 412 Å². The van der Waals surface area contributed by atoms with Crippen LogP contribution < -0.4 is 43.5 Å². The maximum absolute atomic E-state index is 14.3. The standard InChI is InChI=1S/C29H25N7O2.C28H25N7O.C28H23N7O.C27H24N8O/c1-17(34-28-26-23(18(2)37)14-30-27(26)31-16-32-28)24-12-19-8-7-11-22(20-13-33-35(3)15-20)25(19)29(38)36(24)21-9-5-4-6-10-21;1-17-13-29-26-24(17)27(31-16-30-26)33-18(2)23-12-19-8-7-11-22(20-14-32-34(3)15-20)25(19)28(36)35(23)21-9-5-4-6-10-21;1-17-13-19(11-12-29-17)22-10-6-7-20-14-23(35(28(36)24(20)22)21-8-4-3-5-9-21)18(2)34-27-25-26(31-15-30-25)32-16-33-27;1-16-6-4-8-20(10-16)35-22(17(2)33-26-24-25(29-14-28-24)30-15-31-26)11-18-7-5-9-21(23(18)27(35)36)19-12-32-34(3)13-19/h4-17H,1-3H3,(H2,30,31,32,34);4-16,18H,1-3H3,(H2,29,30,31,33);3-16,18H,1-2H3,(H2,30,31,32,33,34);4-15,17H,1-3H3,(H2,28,29,30,31,33)/t17-;2*18-;17-/m0000/s1. The Hall–Kier alpha value is -19.4. The van der Waals surface area contributed by atoms with Crippen molar-refractivity contribution in [1.29, 1.82) is 0 Å². The molecule has 8 N–H and O–H groups in total. The minimum absolute atomic E-state index is 0.0764. The van der Waals surface area contributed by atoms with E-state index in [4.69, 9.17) is 0 Å². The van der Waals surface area contributed by atoms with E-state index in [0.717, 1.165) is 145 Å². The zero-order valence-electron chi connectivity index (χ0n) is 81.3. The van der Waals surface area contributed by atoms with Crippen LogP contribution in [0.2, 0.25) is 0 Å². The predicted molar refractivity (Wildman–Crippen MR) is 572 cm³/mol. The molecule has 0 aliphatic rings. The number of para-hydroxylation sites is 3. The highest BCUT2D eigenvalue weighted by Crippen LogP contribution is 2.39. The minimum Gasteiger partial charge on any atom is -0.361 e. The largest absolute Gasteiger partial charge is 0.361 e. The van der Waals surface area contributed by atoms with Gasteiger partial charge in [-0.1, -0.05) is 140 Å². The molecule has 4 atom stereocenters. The first kappa shape index (κ1) is 92.9. The SMILES string of the molecule is CC(=O)c1c[nH]c2ncnc(N[C@@H](C)c3cc4cccc(-c5cnn(C)c5)c4c(=O)n3-c3ccccc3)c12.Cc1c[nH]c2ncnc(N[C@@H](C)c3cc4cccc(-c5cnn(C)c5)c4c(=O)n3-c3ccccc3)c12.Cc1cc(-c2cccc3cc([C@H](C)Nc4ncnc5nc[nH]c45)n(-c4ccccc4)c(=O)c23)ccn1.Cc1cccc(-n2c([C@H](C)Nc3ncnc4nc[nH]c34)cc3cccc(-c4cnn(C)c4)c3c2=O)c1. The number of fused-ring (bicyclic) bond motifs is 8. The Labute approximate surface area is 832 Å². The Balaban J connectivity index is 0.000000114. The number of benzene rings is 8. The fourth-order valence-electron chi connectivity index (χ4n) is 19.2. The molecule has 146 heavy (non-hydrogen) atoms. The van der Waals surface area contributed by atoms with Gasteiger partial charge in [-0.2, -0.15) is 15.3 Å². The first-order chi connectivity index (χ1) is 71.0. The molecule has 0 aliphatic carbocycles. The second-order valence-corrected chi connectivity index (χ2v) is 35.9. The monoisotopic (exact) mass is 1930 g/mol. The van der Waals surface area contributed by atoms with E-state index in [1.54, 1.807) is 76.0 Å². The summed E-state index contributed by atoms with van der Waals surface area (Å²) in [6.07, 6.45) is 25.6. The number of carbonyl (C=O) groups excluding carboxylic acids is 1. The van der Waals surface area contributed by atoms with Gasteiger partial charge in [0.2, 0.25) is 0 Å². The van der Waals surface area contributed by atoms with Gasteiger partial charge in [-0.15, -0.1) is 0 Å². The van der Waals surface area contributed by atoms with Crippen LogP contribution in [-0.2, 0) is 21.1 Å². The number of pyridine rings is 5. The molecule has 0 radical (unpaired) electrons. The number of carbonyl (C=O) groups is 1. The molecule has 34 heteroatoms. The summed E-state index contributed by atoms with van der Waals surface area (Å²) >= 11 is 0. The third-order valence-electron chi connectivity index (χ3n) is 26.0. The summed E-state index contributed by atoms with van der Waals surface area (Å²) in [7, 11) is 5.60. The molecule has 0 unspecified atom stereocenters. The zero-order valence-corrected chi connectivity index (χ0v) is 81.3. The lowest BCUT2D eigenvalue weighted by Gasteiger charge is -2.22. The Morgan fingerprint density at radius 1 is 0.329 bits per heavy atom. The van der Waals surface area contributed by atoms with Crippen LogP contribution in [-0.4, -0.2) is 128 Å². The van der Waals surface area contributed by atoms with E-state index in [1.807, 2.05) is 301 Å². The molecular formula is C112H97N29O5. The van der Waals surface area contributed by atoms with Crippen molar-refractivity contribution in [1.82, 2.24) is 122 Å². The summed E-state index contributed by atoms with van der Waals surface area (Å²) in [4.78, 5) is 129. The van der Waals surface area contributed by atoms with Crippen LogP contribution in [0.1, 0.15) is 109 Å². The van der Waals surface area contributed by atoms with Gasteiger partial charge in [-0.3, -0.25) is 61.3 Å². The van der Waals surface area contributed by atoms with E-state index < -0.39 is 0 Å². The summed E-state index contributed by atoms with van der Waals surface area (Å²) in [5, 5.41) is 34.4. The lowest BCUT2D eigenvalue weighted by atomic mass is 9.98. The number of anilines is 4. The van der Waals surface area contributed by atoms with Gasteiger partial charge in [-0.25, -0.2) is 49.8 Å². The number of Topliss-reactive ketones (excluding diaryl/α,β-unsaturated/α-hetero) is 1. The average molecular weight is 1930 g/mol. The summed E-state index contributed by atoms with van der Waals surface area (Å²) in [6, 6.07) is 71.8. The van der Waals surface area contributed by atoms with Gasteiger partial charge in [0.25, 0.3) is 22.2 Å². The van der Waals surface area contributed by atoms with Gasteiger partial charge in [0, 0.05) is 132 Å². The van der Waals surface area contributed by atoms with Crippen molar-refractivity contribution in [3.63, 3.8) is 0 Å². The van der Waals surface area contributed by atoms with Gasteiger partial charge < -0.3 is 41.2 Å². The van der Waals surface area contributed by atoms with Crippen LogP contribution in [0, 0.1) is 20.8 Å². The van der Waals surface area contributed by atoms with Crippen LogP contribution in [0.4, 0.5) is 23.3 Å². The number of nitrogens with zero attached hydrogens (tertiary/aromatic N) is 21. The van der Waals surface area contributed by atoms with Crippen LogP contribution in [0.5, 0.6) is 0 Å². The number of imidazole rings is 2. The average Bonchev–Trinajstić information content (AvgIpc) is 0.930. The van der Waals surface area contributed by atoms with E-state index in [-0.39, 0.29) is 52.2 Å². The molecule has 34 nitrogen and oxygen atoms in total. The van der Waals surface area contributed by atoms with Crippen molar-refractivity contribution in [2.75, 3.05) is 21.3 Å². The number of rotatable bonds is 21. The first-order valence-corrected chi connectivity index (χ1v) is 47.4. The van der Waals surface area contributed by atoms with Gasteiger partial charge in [0.05, 0.1) is 87.7 Å². The molecule has 0 bridgehead atoms. The third-order valence-corrected chi connectivity index (χ3v) is 26.0. The normalized spacial score (nSPS) is 12.2. The molecule has 8 aromatic carbocycles. The van der Waals surface area contributed by atoms with Gasteiger partial charge in [0.15, 0.2) is 28.7 Å². The van der Waals surface area contributed by atoms with Crippen molar-refractivity contribution in [3.05, 3.63) is 405 Å². The molecular weight excluding hydrogens is 1830 g/mol. The predicted octanol–water partition coefficient (Wildman–Crippen LogP) is 19.9. The number of nitrogens with one attached hydrogen (secondary N) is 8. The summed E-state index contributed by atoms with van der Waals surface area (Å²) < 4.78 is 12.3. The minimum atomic E-state index is -0.345. The molecule has 0 spiro atoms. The van der Waals surface area contributed by atoms with E-state index >= 15 is 0 Å². The van der Waals surface area contributed by atoms with E-state index in [9.17, 15) is 24.0 Å². The van der Waals surface area contributed by atoms with Crippen LogP contribution in [0.3, 0.4) is 0 Å². The molecule has 0 saturated heterocycles. The van der Waals surface area contributed by atoms with E-state index in [0.29, 0.717) is 77.9 Å². The molecule has 720 valence electrons. The molecule has 0 saturated carbocycles. The molecule has 0 amide bonds. The van der Waals surface area contributed by atoms with Crippen LogP contribution in [0.15, 0.2) is 337 Å². The Bertz CT molecular complexity index is 9370. The lowest BCUT2D eigenvalue weighted by Crippen LogP contribution is -2.26. The molecule has 24 rings (SSSR count). The number of aromatic amines is 4. The Morgan fingerprint density at radius 2 is 0.678 bits per heavy atom. The number of aryl methyl sites for hydroxylation is 6. The van der Waals surface area contributed by atoms with Gasteiger partial charge >= 0.3 is 0 Å². The Morgan fingerprint density at radius 3 is 1.06 bits per heavy atom. The van der Waals surface area contributed by atoms with Crippen molar-refractivity contribution in [2.24, 2.45) is 21.1 Å². The lowest BCUT2D eigenvalue weighted by molar-refractivity contribution is 0.101. The zero-order chi connectivity index (χ0) is 101. The number of ketones is 1. The molecule has 24 aromatic rings. The summed E-state index contributed by atoms with van der Waals surface area (Å²) in [5.74, 6) is 2.40. The number of H-pyrrole nitrogens is 4. The quantitative estimate of drug-likeness (QED) is 0.0310. The highest BCUT2D eigenvalue weighted by Gasteiger charge is 2.28. The number of hydrogen-bond acceptors (Lipinski definition) is 23. The highest BCUT2D eigenvalue weighted by molar-refractivity contribution is 6.10. The second-order valence-electron chi connectivity index (χ2n) is 35.9. The third kappa shape index (κ3) is 18.0. The van der Waals surface area contributed by atoms with E-state index in [2.05, 4.69) is 130 Å². The fraction of sp³-hybridized carbons (Fsp3) is 0.134. The Kier molecular flexibility index (Phi) is 25.0. The second kappa shape index (κ2) is 39.3. The number of aromatic nitrogens is 25. The van der Waals surface area contributed by atoms with Gasteiger partial charge in [-0.05, 0) is 201 Å². The first-order valence-electron chi connectivity index (χ1n) is 47.4. The van der Waals surface area contributed by atoms with Crippen molar-refractivity contribution in [2.45, 2.75) is 79.6 Å². The van der Waals surface area contributed by atoms with Crippen molar-refractivity contribution >= 4 is 117 Å². The summed E-state index contributed by atoms with van der Waals surface area (Å²) in [6.45, 7) is 15.6. The molecule has 16 heterocycles. The maximum Gasteiger partial charge on any atom is 0.263 e. The molecule has 0 fully saturated rings. The molecule has 0 aliphatic heterocycles. The molecule has 16 aromatic heterocycles. The van der Waals surface area contributed by atoms with Crippen LogP contribution >= 0.6 is 0 Å². The van der Waals surface area contributed by atoms with Crippen molar-refractivity contribution in [3.8, 4) is 67.3 Å². The smallest absolute Gasteiger partial charge is 0.263 e. The fourth-order valence-corrected chi connectivity index (χ4v) is 19.2. The van der Waals surface area contributed by atoms with Crippen LogP contribution in [0.25, 0.3) is 155 Å². The maximum atomic E-state index is 14.3. The van der Waals surface area contributed by atoms with E-state index in [1.165, 1.54) is 32.2 Å². The highest BCUT2D eigenvalue weighted by atomic mass is 16.1. The van der Waals surface area contributed by atoms with Crippen molar-refractivity contribution < 1.29 is 4.79 Å².